The van der Waals surface area contributed by atoms with Crippen LogP contribution in [0.15, 0.2) is 36.8 Å². The number of hydrogen-bond donors (Lipinski definition) is 1. The Morgan fingerprint density at radius 3 is 2.78 bits per heavy atom. The van der Waals surface area contributed by atoms with Gasteiger partial charge in [0.25, 0.3) is 0 Å². The quantitative estimate of drug-likeness (QED) is 0.767. The van der Waals surface area contributed by atoms with Crippen molar-refractivity contribution in [3.63, 3.8) is 0 Å². The molecular weight excluding hydrogens is 340 g/mol. The van der Waals surface area contributed by atoms with Crippen LogP contribution in [-0.2, 0) is 0 Å². The van der Waals surface area contributed by atoms with Crippen LogP contribution < -0.4 is 15.4 Å². The zero-order valence-corrected chi connectivity index (χ0v) is 15.3. The van der Waals surface area contributed by atoms with E-state index in [4.69, 9.17) is 10.5 Å². The molecule has 0 unspecified atom stereocenters. The maximum absolute atomic E-state index is 9.44. The summed E-state index contributed by atoms with van der Waals surface area (Å²) in [6.45, 7) is 4.36. The van der Waals surface area contributed by atoms with E-state index in [-0.39, 0.29) is 0 Å². The minimum atomic E-state index is 0.293. The standard InChI is InChI=1S/C20H22N6O/c1-2-27-17-9-18(20-15(10-21)12-24-26(20)13-17)14-3-4-19(23-11-14)25-7-5-16(22)6-8-25/h3-4,9,11-13,16H,2,5-8,22H2,1H3. The average molecular weight is 362 g/mol. The third-order valence-corrected chi connectivity index (χ3v) is 4.94. The number of nitrogens with zero attached hydrogens (tertiary/aromatic N) is 5. The molecule has 1 aliphatic heterocycles. The van der Waals surface area contributed by atoms with E-state index in [1.165, 1.54) is 0 Å². The summed E-state index contributed by atoms with van der Waals surface area (Å²) < 4.78 is 7.36. The van der Waals surface area contributed by atoms with E-state index < -0.39 is 0 Å². The first-order chi connectivity index (χ1) is 13.2. The molecule has 4 heterocycles. The van der Waals surface area contributed by atoms with Crippen LogP contribution >= 0.6 is 0 Å². The minimum Gasteiger partial charge on any atom is -0.492 e. The molecule has 0 amide bonds. The van der Waals surface area contributed by atoms with E-state index in [9.17, 15) is 5.26 Å². The van der Waals surface area contributed by atoms with Crippen LogP contribution in [-0.4, -0.2) is 40.3 Å². The molecular formula is C20H22N6O. The predicted octanol–water partition coefficient (Wildman–Crippen LogP) is 2.59. The fourth-order valence-corrected chi connectivity index (χ4v) is 3.51. The van der Waals surface area contributed by atoms with Gasteiger partial charge in [-0.15, -0.1) is 0 Å². The first-order valence-electron chi connectivity index (χ1n) is 9.21. The average Bonchev–Trinajstić information content (AvgIpc) is 3.11. The molecule has 0 saturated carbocycles. The Hall–Kier alpha value is -3.11. The van der Waals surface area contributed by atoms with Gasteiger partial charge >= 0.3 is 0 Å². The Labute approximate surface area is 158 Å². The Morgan fingerprint density at radius 2 is 2.11 bits per heavy atom. The summed E-state index contributed by atoms with van der Waals surface area (Å²) in [6, 6.07) is 8.51. The number of rotatable bonds is 4. The molecule has 1 aliphatic rings. The molecule has 0 bridgehead atoms. The van der Waals surface area contributed by atoms with Crippen LogP contribution in [0, 0.1) is 11.3 Å². The lowest BCUT2D eigenvalue weighted by Crippen LogP contribution is -2.40. The molecule has 27 heavy (non-hydrogen) atoms. The zero-order chi connectivity index (χ0) is 18.8. The molecule has 2 N–H and O–H groups in total. The van der Waals surface area contributed by atoms with Gasteiger partial charge in [0.15, 0.2) is 0 Å². The number of pyridine rings is 2. The van der Waals surface area contributed by atoms with E-state index in [1.807, 2.05) is 31.3 Å². The van der Waals surface area contributed by atoms with Crippen LogP contribution in [0.1, 0.15) is 25.3 Å². The highest BCUT2D eigenvalue weighted by atomic mass is 16.5. The molecule has 1 saturated heterocycles. The lowest BCUT2D eigenvalue weighted by molar-refractivity contribution is 0.338. The van der Waals surface area contributed by atoms with Gasteiger partial charge in [-0.3, -0.25) is 0 Å². The van der Waals surface area contributed by atoms with Crippen molar-refractivity contribution in [1.29, 1.82) is 5.26 Å². The molecule has 3 aromatic heterocycles. The fraction of sp³-hybridized carbons (Fsp3) is 0.350. The maximum Gasteiger partial charge on any atom is 0.138 e. The van der Waals surface area contributed by atoms with Gasteiger partial charge in [0.1, 0.15) is 17.6 Å². The number of aromatic nitrogens is 3. The van der Waals surface area contributed by atoms with Gasteiger partial charge in [-0.05, 0) is 38.0 Å². The van der Waals surface area contributed by atoms with Crippen molar-refractivity contribution in [2.45, 2.75) is 25.8 Å². The van der Waals surface area contributed by atoms with Gasteiger partial charge in [0, 0.05) is 36.5 Å². The van der Waals surface area contributed by atoms with Crippen molar-refractivity contribution in [3.8, 4) is 22.9 Å². The Balaban J connectivity index is 1.73. The van der Waals surface area contributed by atoms with Crippen molar-refractivity contribution in [1.82, 2.24) is 14.6 Å². The van der Waals surface area contributed by atoms with Gasteiger partial charge in [-0.2, -0.15) is 10.4 Å². The number of ether oxygens (including phenoxy) is 1. The second-order valence-electron chi connectivity index (χ2n) is 6.72. The van der Waals surface area contributed by atoms with Crippen molar-refractivity contribution in [3.05, 3.63) is 42.4 Å². The van der Waals surface area contributed by atoms with E-state index in [1.54, 1.807) is 16.9 Å². The summed E-state index contributed by atoms with van der Waals surface area (Å²) in [4.78, 5) is 6.92. The number of anilines is 1. The number of nitriles is 1. The van der Waals surface area contributed by atoms with E-state index >= 15 is 0 Å². The zero-order valence-electron chi connectivity index (χ0n) is 15.3. The van der Waals surface area contributed by atoms with Gasteiger partial charge in [-0.25, -0.2) is 9.50 Å². The first kappa shape index (κ1) is 17.3. The van der Waals surface area contributed by atoms with E-state index in [0.717, 1.165) is 48.4 Å². The molecule has 0 radical (unpaired) electrons. The second kappa shape index (κ2) is 7.25. The smallest absolute Gasteiger partial charge is 0.138 e. The summed E-state index contributed by atoms with van der Waals surface area (Å²) in [5, 5.41) is 13.7. The third kappa shape index (κ3) is 3.32. The topological polar surface area (TPSA) is 92.5 Å². The van der Waals surface area contributed by atoms with Crippen molar-refractivity contribution >= 4 is 11.3 Å². The SMILES string of the molecule is CCOc1cc(-c2ccc(N3CCC(N)CC3)nc2)c2c(C#N)cnn2c1. The van der Waals surface area contributed by atoms with Crippen LogP contribution in [0.5, 0.6) is 5.75 Å². The minimum absolute atomic E-state index is 0.293. The molecule has 0 aromatic carbocycles. The fourth-order valence-electron chi connectivity index (χ4n) is 3.51. The highest BCUT2D eigenvalue weighted by molar-refractivity contribution is 5.85. The molecule has 0 spiro atoms. The van der Waals surface area contributed by atoms with Crippen LogP contribution in [0.3, 0.4) is 0 Å². The lowest BCUT2D eigenvalue weighted by Gasteiger charge is -2.31. The van der Waals surface area contributed by atoms with E-state index in [2.05, 4.69) is 21.1 Å². The number of piperidine rings is 1. The molecule has 138 valence electrons. The van der Waals surface area contributed by atoms with E-state index in [0.29, 0.717) is 24.0 Å². The van der Waals surface area contributed by atoms with Crippen molar-refractivity contribution in [2.75, 3.05) is 24.6 Å². The second-order valence-corrected chi connectivity index (χ2v) is 6.72. The largest absolute Gasteiger partial charge is 0.492 e. The summed E-state index contributed by atoms with van der Waals surface area (Å²) >= 11 is 0. The molecule has 4 rings (SSSR count). The van der Waals surface area contributed by atoms with Crippen LogP contribution in [0.25, 0.3) is 16.6 Å². The molecule has 7 heteroatoms. The Bertz CT molecular complexity index is 980. The molecule has 0 atom stereocenters. The summed E-state index contributed by atoms with van der Waals surface area (Å²) in [7, 11) is 0. The Morgan fingerprint density at radius 1 is 1.30 bits per heavy atom. The number of hydrogen-bond acceptors (Lipinski definition) is 6. The monoisotopic (exact) mass is 362 g/mol. The summed E-state index contributed by atoms with van der Waals surface area (Å²) in [5.74, 6) is 1.67. The van der Waals surface area contributed by atoms with Crippen molar-refractivity contribution in [2.24, 2.45) is 5.73 Å². The third-order valence-electron chi connectivity index (χ3n) is 4.94. The van der Waals surface area contributed by atoms with Crippen LogP contribution in [0.2, 0.25) is 0 Å². The normalized spacial score (nSPS) is 15.1. The lowest BCUT2D eigenvalue weighted by atomic mass is 10.0. The van der Waals surface area contributed by atoms with Gasteiger partial charge < -0.3 is 15.4 Å². The Kier molecular flexibility index (Phi) is 4.65. The number of nitrogens with two attached hydrogens (primary N) is 1. The van der Waals surface area contributed by atoms with Gasteiger partial charge in [-0.1, -0.05) is 0 Å². The summed E-state index contributed by atoms with van der Waals surface area (Å²) in [6.07, 6.45) is 7.20. The molecule has 3 aromatic rings. The van der Waals surface area contributed by atoms with Gasteiger partial charge in [0.2, 0.25) is 0 Å². The van der Waals surface area contributed by atoms with Crippen molar-refractivity contribution < 1.29 is 4.74 Å². The maximum atomic E-state index is 9.44. The van der Waals surface area contributed by atoms with Gasteiger partial charge in [0.05, 0.1) is 30.1 Å². The molecule has 7 nitrogen and oxygen atoms in total. The summed E-state index contributed by atoms with van der Waals surface area (Å²) in [5.41, 5.74) is 9.09. The highest BCUT2D eigenvalue weighted by Gasteiger charge is 2.18. The molecule has 1 fully saturated rings. The highest BCUT2D eigenvalue weighted by Crippen LogP contribution is 2.31. The number of fused-ring (bicyclic) bond motifs is 1. The predicted molar refractivity (Wildman–Crippen MR) is 104 cm³/mol. The molecule has 0 aliphatic carbocycles. The van der Waals surface area contributed by atoms with Crippen LogP contribution in [0.4, 0.5) is 5.82 Å². The first-order valence-corrected chi connectivity index (χ1v) is 9.21.